The minimum Gasteiger partial charge on any atom is -0.384 e. The predicted octanol–water partition coefficient (Wildman–Crippen LogP) is 6.05. The van der Waals surface area contributed by atoms with E-state index in [9.17, 15) is 18.0 Å². The largest absolute Gasteiger partial charge is 0.384 e. The number of methoxy groups -OCH3 is 1. The number of primary amides is 1. The van der Waals surface area contributed by atoms with E-state index in [0.717, 1.165) is 42.1 Å². The first kappa shape index (κ1) is 24.5. The molecule has 0 atom stereocenters. The number of hydrogen-bond acceptors (Lipinski definition) is 2. The summed E-state index contributed by atoms with van der Waals surface area (Å²) >= 11 is 0. The van der Waals surface area contributed by atoms with Crippen LogP contribution in [0.1, 0.15) is 51.0 Å². The van der Waals surface area contributed by atoms with Crippen molar-refractivity contribution in [1.82, 2.24) is 4.98 Å². The molecule has 1 saturated carbocycles. The van der Waals surface area contributed by atoms with Crippen molar-refractivity contribution in [3.63, 3.8) is 0 Å². The standard InChI is InChI=1S/C18H14F3N.C4H9NO2.C2H6/c19-12-6-4-11(5-7-12)17-16(10-2-1-3-10)14-8-13(20)9-15(21)18(14)22-17;1-7-3-2-4(5)6;1-2/h4-10,22H,1-3H2;2-3H2,1H3,(H2,5,6);1-2H3. The summed E-state index contributed by atoms with van der Waals surface area (Å²) in [5, 5.41) is 0.599. The first-order valence-corrected chi connectivity index (χ1v) is 10.4. The van der Waals surface area contributed by atoms with Gasteiger partial charge < -0.3 is 15.5 Å². The summed E-state index contributed by atoms with van der Waals surface area (Å²) in [6.07, 6.45) is 3.47. The second-order valence-electron chi connectivity index (χ2n) is 7.07. The first-order chi connectivity index (χ1) is 14.9. The molecule has 168 valence electrons. The van der Waals surface area contributed by atoms with Crippen molar-refractivity contribution >= 4 is 16.8 Å². The van der Waals surface area contributed by atoms with Crippen LogP contribution < -0.4 is 5.73 Å². The van der Waals surface area contributed by atoms with Gasteiger partial charge in [-0.1, -0.05) is 20.3 Å². The highest BCUT2D eigenvalue weighted by atomic mass is 19.1. The number of H-pyrrole nitrogens is 1. The van der Waals surface area contributed by atoms with Gasteiger partial charge in [0.1, 0.15) is 17.5 Å². The van der Waals surface area contributed by atoms with Crippen molar-refractivity contribution in [3.05, 3.63) is 59.4 Å². The lowest BCUT2D eigenvalue weighted by Crippen LogP contribution is -2.12. The SMILES string of the molecule is CC.COCCC(N)=O.Fc1ccc(-c2[nH]c3c(F)cc(F)cc3c2C2CCC2)cc1. The molecule has 0 radical (unpaired) electrons. The molecular formula is C24H29F3N2O2. The third kappa shape index (κ3) is 6.10. The van der Waals surface area contributed by atoms with Crippen molar-refractivity contribution < 1.29 is 22.7 Å². The Morgan fingerprint density at radius 1 is 1.10 bits per heavy atom. The lowest BCUT2D eigenvalue weighted by molar-refractivity contribution is -0.118. The minimum atomic E-state index is -0.594. The number of carbonyl (C=O) groups is 1. The summed E-state index contributed by atoms with van der Waals surface area (Å²) in [5.74, 6) is -1.50. The molecule has 0 bridgehead atoms. The van der Waals surface area contributed by atoms with Crippen LogP contribution >= 0.6 is 0 Å². The van der Waals surface area contributed by atoms with Gasteiger partial charge in [-0.2, -0.15) is 0 Å². The third-order valence-corrected chi connectivity index (χ3v) is 5.06. The van der Waals surface area contributed by atoms with E-state index in [1.165, 1.54) is 25.3 Å². The smallest absolute Gasteiger partial charge is 0.219 e. The van der Waals surface area contributed by atoms with Crippen molar-refractivity contribution in [1.29, 1.82) is 0 Å². The lowest BCUT2D eigenvalue weighted by Gasteiger charge is -2.26. The number of nitrogens with one attached hydrogen (secondary N) is 1. The highest BCUT2D eigenvalue weighted by Crippen LogP contribution is 2.45. The minimum absolute atomic E-state index is 0.301. The Bertz CT molecular complexity index is 996. The third-order valence-electron chi connectivity index (χ3n) is 5.06. The summed E-state index contributed by atoms with van der Waals surface area (Å²) in [6, 6.07) is 8.35. The van der Waals surface area contributed by atoms with Crippen LogP contribution in [0, 0.1) is 17.5 Å². The number of aromatic amines is 1. The average Bonchev–Trinajstić information content (AvgIpc) is 3.07. The van der Waals surface area contributed by atoms with Crippen LogP contribution in [-0.2, 0) is 9.53 Å². The van der Waals surface area contributed by atoms with E-state index in [1.54, 1.807) is 12.1 Å². The molecule has 1 aromatic heterocycles. The average molecular weight is 435 g/mol. The number of hydrogen-bond donors (Lipinski definition) is 2. The van der Waals surface area contributed by atoms with Crippen molar-refractivity contribution in [2.24, 2.45) is 5.73 Å². The number of carbonyl (C=O) groups excluding carboxylic acids is 1. The predicted molar refractivity (Wildman–Crippen MR) is 117 cm³/mol. The number of rotatable bonds is 5. The van der Waals surface area contributed by atoms with E-state index in [2.05, 4.69) is 9.72 Å². The van der Waals surface area contributed by atoms with Gasteiger partial charge in [-0.25, -0.2) is 13.2 Å². The molecule has 0 saturated heterocycles. The zero-order valence-electron chi connectivity index (χ0n) is 18.1. The van der Waals surface area contributed by atoms with Crippen LogP contribution in [0.3, 0.4) is 0 Å². The van der Waals surface area contributed by atoms with E-state index >= 15 is 0 Å². The molecule has 3 aromatic rings. The molecule has 1 amide bonds. The molecule has 31 heavy (non-hydrogen) atoms. The molecule has 1 heterocycles. The number of benzene rings is 2. The lowest BCUT2D eigenvalue weighted by atomic mass is 9.78. The van der Waals surface area contributed by atoms with Crippen LogP contribution in [0.5, 0.6) is 0 Å². The van der Waals surface area contributed by atoms with Crippen molar-refractivity contribution in [3.8, 4) is 11.3 Å². The highest BCUT2D eigenvalue weighted by Gasteiger charge is 2.27. The Kier molecular flexibility index (Phi) is 9.12. The molecule has 1 aliphatic rings. The van der Waals surface area contributed by atoms with E-state index in [4.69, 9.17) is 5.73 Å². The Morgan fingerprint density at radius 3 is 2.23 bits per heavy atom. The van der Waals surface area contributed by atoms with E-state index in [1.807, 2.05) is 13.8 Å². The van der Waals surface area contributed by atoms with Crippen LogP contribution in [-0.4, -0.2) is 24.6 Å². The van der Waals surface area contributed by atoms with Crippen LogP contribution in [0.4, 0.5) is 13.2 Å². The number of aromatic nitrogens is 1. The fraction of sp³-hybridized carbons (Fsp3) is 0.375. The van der Waals surface area contributed by atoms with Crippen molar-refractivity contribution in [2.75, 3.05) is 13.7 Å². The number of halogens is 3. The molecule has 1 fully saturated rings. The molecule has 2 aromatic carbocycles. The Hall–Kier alpha value is -2.80. The fourth-order valence-electron chi connectivity index (χ4n) is 3.41. The summed E-state index contributed by atoms with van der Waals surface area (Å²) in [7, 11) is 1.53. The van der Waals surface area contributed by atoms with Crippen molar-refractivity contribution in [2.45, 2.75) is 45.4 Å². The van der Waals surface area contributed by atoms with Gasteiger partial charge in [0.05, 0.1) is 17.8 Å². The van der Waals surface area contributed by atoms with Gasteiger partial charge >= 0.3 is 0 Å². The Morgan fingerprint density at radius 2 is 1.74 bits per heavy atom. The normalized spacial score (nSPS) is 13.0. The zero-order valence-corrected chi connectivity index (χ0v) is 18.1. The quantitative estimate of drug-likeness (QED) is 0.513. The van der Waals surface area contributed by atoms with Gasteiger partial charge in [0, 0.05) is 25.0 Å². The van der Waals surface area contributed by atoms with E-state index in [-0.39, 0.29) is 11.7 Å². The van der Waals surface area contributed by atoms with Gasteiger partial charge in [-0.3, -0.25) is 4.79 Å². The second-order valence-corrected chi connectivity index (χ2v) is 7.07. The molecule has 0 unspecified atom stereocenters. The number of fused-ring (bicyclic) bond motifs is 1. The van der Waals surface area contributed by atoms with Gasteiger partial charge in [0.15, 0.2) is 0 Å². The van der Waals surface area contributed by atoms with Gasteiger partial charge in [0.25, 0.3) is 0 Å². The summed E-state index contributed by atoms with van der Waals surface area (Å²) in [5.41, 5.74) is 7.59. The molecule has 3 N–H and O–H groups in total. The fourth-order valence-corrected chi connectivity index (χ4v) is 3.41. The molecular weight excluding hydrogens is 405 g/mol. The first-order valence-electron chi connectivity index (χ1n) is 10.4. The molecule has 4 nitrogen and oxygen atoms in total. The van der Waals surface area contributed by atoms with Crippen LogP contribution in [0.25, 0.3) is 22.2 Å². The highest BCUT2D eigenvalue weighted by molar-refractivity contribution is 5.92. The summed E-state index contributed by atoms with van der Waals surface area (Å²) in [4.78, 5) is 13.0. The Balaban J connectivity index is 0.000000327. The molecule has 0 spiro atoms. The molecule has 1 aliphatic carbocycles. The van der Waals surface area contributed by atoms with Gasteiger partial charge in [-0.15, -0.1) is 0 Å². The maximum Gasteiger partial charge on any atom is 0.219 e. The maximum absolute atomic E-state index is 14.1. The van der Waals surface area contributed by atoms with Crippen LogP contribution in [0.2, 0.25) is 0 Å². The second kappa shape index (κ2) is 11.6. The van der Waals surface area contributed by atoms with Gasteiger partial charge in [-0.05, 0) is 60.2 Å². The van der Waals surface area contributed by atoms with Gasteiger partial charge in [0.2, 0.25) is 5.91 Å². The zero-order chi connectivity index (χ0) is 23.0. The van der Waals surface area contributed by atoms with Crippen LogP contribution in [0.15, 0.2) is 36.4 Å². The Labute approximate surface area is 180 Å². The summed E-state index contributed by atoms with van der Waals surface area (Å²) in [6.45, 7) is 4.43. The monoisotopic (exact) mass is 434 g/mol. The number of nitrogens with two attached hydrogens (primary N) is 1. The topological polar surface area (TPSA) is 68.1 Å². The molecule has 0 aliphatic heterocycles. The summed E-state index contributed by atoms with van der Waals surface area (Å²) < 4.78 is 45.4. The maximum atomic E-state index is 14.1. The number of amides is 1. The number of ether oxygens (including phenoxy) is 1. The van der Waals surface area contributed by atoms with E-state index < -0.39 is 11.6 Å². The molecule has 7 heteroatoms. The van der Waals surface area contributed by atoms with E-state index in [0.29, 0.717) is 29.8 Å². The molecule has 4 rings (SSSR count).